The zero-order valence-corrected chi connectivity index (χ0v) is 12.0. The smallest absolute Gasteiger partial charge is 0.0599 e. The van der Waals surface area contributed by atoms with Crippen LogP contribution in [-0.2, 0) is 4.74 Å². The molecule has 1 saturated heterocycles. The standard InChI is InChI=1S/C12H27NO2Si/c1-16(2,3)11-13-7-5-12(6-8-13)15-10-4-9-14/h12,14H,4-11H2,1-3H3. The van der Waals surface area contributed by atoms with Gasteiger partial charge in [-0.25, -0.2) is 0 Å². The molecule has 0 radical (unpaired) electrons. The van der Waals surface area contributed by atoms with Crippen molar-refractivity contribution in [3.05, 3.63) is 0 Å². The lowest BCUT2D eigenvalue weighted by Crippen LogP contribution is -2.45. The van der Waals surface area contributed by atoms with Crippen molar-refractivity contribution >= 4 is 8.07 Å². The largest absolute Gasteiger partial charge is 0.396 e. The molecule has 0 aromatic rings. The second-order valence-corrected chi connectivity index (χ2v) is 11.4. The minimum atomic E-state index is -0.946. The van der Waals surface area contributed by atoms with Gasteiger partial charge in [0.05, 0.1) is 14.2 Å². The number of likely N-dealkylation sites (tertiary alicyclic amines) is 1. The van der Waals surface area contributed by atoms with Gasteiger partial charge in [-0.3, -0.25) is 0 Å². The van der Waals surface area contributed by atoms with E-state index in [-0.39, 0.29) is 6.61 Å². The molecular formula is C12H27NO2Si. The van der Waals surface area contributed by atoms with E-state index >= 15 is 0 Å². The van der Waals surface area contributed by atoms with Crippen LogP contribution in [0.1, 0.15) is 19.3 Å². The van der Waals surface area contributed by atoms with Crippen molar-refractivity contribution in [3.63, 3.8) is 0 Å². The topological polar surface area (TPSA) is 32.7 Å². The summed E-state index contributed by atoms with van der Waals surface area (Å²) in [7, 11) is -0.946. The van der Waals surface area contributed by atoms with Gasteiger partial charge in [0.2, 0.25) is 0 Å². The van der Waals surface area contributed by atoms with Crippen LogP contribution in [0.2, 0.25) is 19.6 Å². The highest BCUT2D eigenvalue weighted by Crippen LogP contribution is 2.16. The Kier molecular flexibility index (Phi) is 5.96. The predicted molar refractivity (Wildman–Crippen MR) is 70.5 cm³/mol. The fourth-order valence-corrected chi connectivity index (χ4v) is 3.88. The molecular weight excluding hydrogens is 218 g/mol. The monoisotopic (exact) mass is 245 g/mol. The Morgan fingerprint density at radius 3 is 2.38 bits per heavy atom. The highest BCUT2D eigenvalue weighted by molar-refractivity contribution is 6.76. The minimum absolute atomic E-state index is 0.245. The van der Waals surface area contributed by atoms with E-state index in [0.29, 0.717) is 6.10 Å². The third kappa shape index (κ3) is 5.99. The summed E-state index contributed by atoms with van der Waals surface area (Å²) in [5.74, 6) is 0. The van der Waals surface area contributed by atoms with E-state index in [1.54, 1.807) is 0 Å². The van der Waals surface area contributed by atoms with Crippen LogP contribution in [0, 0.1) is 0 Å². The van der Waals surface area contributed by atoms with Gasteiger partial charge in [-0.1, -0.05) is 19.6 Å². The molecule has 0 amide bonds. The molecule has 0 aliphatic carbocycles. The number of hydrogen-bond donors (Lipinski definition) is 1. The first-order chi connectivity index (χ1) is 7.51. The molecule has 0 saturated carbocycles. The second kappa shape index (κ2) is 6.74. The van der Waals surface area contributed by atoms with Crippen LogP contribution in [0.4, 0.5) is 0 Å². The number of rotatable bonds is 6. The Morgan fingerprint density at radius 1 is 1.25 bits per heavy atom. The molecule has 1 aliphatic rings. The van der Waals surface area contributed by atoms with Crippen molar-refractivity contribution in [3.8, 4) is 0 Å². The Balaban J connectivity index is 2.13. The Morgan fingerprint density at radius 2 is 1.88 bits per heavy atom. The van der Waals surface area contributed by atoms with Gasteiger partial charge in [-0.15, -0.1) is 0 Å². The number of hydrogen-bond acceptors (Lipinski definition) is 3. The summed E-state index contributed by atoms with van der Waals surface area (Å²) in [5.41, 5.74) is 0. The van der Waals surface area contributed by atoms with Crippen molar-refractivity contribution in [1.82, 2.24) is 4.90 Å². The Hall–Kier alpha value is 0.0969. The second-order valence-electron chi connectivity index (χ2n) is 5.98. The number of aliphatic hydroxyl groups excluding tert-OH is 1. The normalized spacial score (nSPS) is 20.2. The van der Waals surface area contributed by atoms with Crippen LogP contribution in [0.25, 0.3) is 0 Å². The molecule has 0 aromatic heterocycles. The number of ether oxygens (including phenoxy) is 1. The van der Waals surface area contributed by atoms with Crippen molar-refractivity contribution in [2.24, 2.45) is 0 Å². The molecule has 1 N–H and O–H groups in total. The molecule has 0 bridgehead atoms. The third-order valence-corrected chi connectivity index (χ3v) is 4.28. The summed E-state index contributed by atoms with van der Waals surface area (Å²) >= 11 is 0. The maximum absolute atomic E-state index is 8.68. The molecule has 1 fully saturated rings. The van der Waals surface area contributed by atoms with Gasteiger partial charge in [0.1, 0.15) is 0 Å². The highest BCUT2D eigenvalue weighted by atomic mass is 28.3. The van der Waals surface area contributed by atoms with Crippen LogP contribution >= 0.6 is 0 Å². The van der Waals surface area contributed by atoms with Crippen molar-refractivity contribution in [2.75, 3.05) is 32.5 Å². The van der Waals surface area contributed by atoms with E-state index in [2.05, 4.69) is 24.5 Å². The van der Waals surface area contributed by atoms with Gasteiger partial charge in [0.25, 0.3) is 0 Å². The van der Waals surface area contributed by atoms with E-state index in [9.17, 15) is 0 Å². The van der Waals surface area contributed by atoms with Crippen LogP contribution in [0.5, 0.6) is 0 Å². The fraction of sp³-hybridized carbons (Fsp3) is 1.00. The first-order valence-corrected chi connectivity index (χ1v) is 10.2. The van der Waals surface area contributed by atoms with Crippen LogP contribution in [0.15, 0.2) is 0 Å². The van der Waals surface area contributed by atoms with Gasteiger partial charge in [-0.05, 0) is 25.4 Å². The summed E-state index contributed by atoms with van der Waals surface area (Å²) in [6, 6.07) is 0. The number of piperidine rings is 1. The summed E-state index contributed by atoms with van der Waals surface area (Å²) in [6.45, 7) is 10.6. The van der Waals surface area contributed by atoms with Gasteiger partial charge < -0.3 is 14.7 Å². The van der Waals surface area contributed by atoms with Crippen LogP contribution in [0.3, 0.4) is 0 Å². The maximum Gasteiger partial charge on any atom is 0.0599 e. The van der Waals surface area contributed by atoms with Crippen LogP contribution < -0.4 is 0 Å². The van der Waals surface area contributed by atoms with Crippen molar-refractivity contribution in [2.45, 2.75) is 45.0 Å². The summed E-state index contributed by atoms with van der Waals surface area (Å²) in [6.07, 6.45) is 4.85. The first kappa shape index (κ1) is 14.2. The zero-order chi connectivity index (χ0) is 12.0. The molecule has 1 heterocycles. The zero-order valence-electron chi connectivity index (χ0n) is 11.0. The van der Waals surface area contributed by atoms with Gasteiger partial charge >= 0.3 is 0 Å². The van der Waals surface area contributed by atoms with Gasteiger partial charge in [0, 0.05) is 26.3 Å². The molecule has 1 aliphatic heterocycles. The Labute approximate surface area is 101 Å². The molecule has 0 unspecified atom stereocenters. The highest BCUT2D eigenvalue weighted by Gasteiger charge is 2.23. The summed E-state index contributed by atoms with van der Waals surface area (Å²) in [4.78, 5) is 2.60. The molecule has 0 aromatic carbocycles. The van der Waals surface area contributed by atoms with Gasteiger partial charge in [-0.2, -0.15) is 0 Å². The van der Waals surface area contributed by atoms with E-state index in [4.69, 9.17) is 9.84 Å². The first-order valence-electron chi connectivity index (χ1n) is 6.46. The molecule has 96 valence electrons. The average molecular weight is 245 g/mol. The fourth-order valence-electron chi connectivity index (χ4n) is 2.22. The Bertz CT molecular complexity index is 186. The summed E-state index contributed by atoms with van der Waals surface area (Å²) < 4.78 is 5.73. The van der Waals surface area contributed by atoms with E-state index in [1.807, 2.05) is 0 Å². The maximum atomic E-state index is 8.68. The molecule has 3 nitrogen and oxygen atoms in total. The SMILES string of the molecule is C[Si](C)(C)CN1CCC(OCCCO)CC1. The lowest BCUT2D eigenvalue weighted by molar-refractivity contribution is 0.00514. The van der Waals surface area contributed by atoms with Crippen LogP contribution in [-0.4, -0.2) is 56.7 Å². The third-order valence-electron chi connectivity index (χ3n) is 2.89. The quantitative estimate of drug-likeness (QED) is 0.571. The van der Waals surface area contributed by atoms with E-state index in [0.717, 1.165) is 25.9 Å². The van der Waals surface area contributed by atoms with Gasteiger partial charge in [0.15, 0.2) is 0 Å². The predicted octanol–water partition coefficient (Wildman–Crippen LogP) is 1.73. The lowest BCUT2D eigenvalue weighted by Gasteiger charge is -2.35. The molecule has 1 rings (SSSR count). The van der Waals surface area contributed by atoms with E-state index < -0.39 is 8.07 Å². The van der Waals surface area contributed by atoms with E-state index in [1.165, 1.54) is 19.3 Å². The summed E-state index contributed by atoms with van der Waals surface area (Å²) in [5, 5.41) is 8.68. The molecule has 0 spiro atoms. The number of nitrogens with zero attached hydrogens (tertiary/aromatic N) is 1. The van der Waals surface area contributed by atoms with Crippen molar-refractivity contribution in [1.29, 1.82) is 0 Å². The average Bonchev–Trinajstić information content (AvgIpc) is 2.19. The lowest BCUT2D eigenvalue weighted by atomic mass is 10.1. The van der Waals surface area contributed by atoms with Crippen molar-refractivity contribution < 1.29 is 9.84 Å². The number of aliphatic hydroxyl groups is 1. The molecule has 0 atom stereocenters. The molecule has 4 heteroatoms. The minimum Gasteiger partial charge on any atom is -0.396 e. The molecule has 16 heavy (non-hydrogen) atoms.